The minimum Gasteiger partial charge on any atom is -0.429 e. The van der Waals surface area contributed by atoms with Crippen LogP contribution in [-0.2, 0) is 16.0 Å². The highest BCUT2D eigenvalue weighted by Crippen LogP contribution is 2.38. The Kier molecular flexibility index (Phi) is 6.48. The fourth-order valence-electron chi connectivity index (χ4n) is 4.30. The van der Waals surface area contributed by atoms with Crippen LogP contribution >= 0.6 is 0 Å². The van der Waals surface area contributed by atoms with Gasteiger partial charge in [-0.25, -0.2) is 13.9 Å². The summed E-state index contributed by atoms with van der Waals surface area (Å²) in [6.07, 6.45) is -1.29. The quantitative estimate of drug-likeness (QED) is 0.382. The fourth-order valence-corrected chi connectivity index (χ4v) is 4.30. The van der Waals surface area contributed by atoms with Crippen molar-refractivity contribution in [3.05, 3.63) is 82.4 Å². The molecular formula is C28H28FN5O4. The lowest BCUT2D eigenvalue weighted by Crippen LogP contribution is -2.37. The maximum atomic E-state index is 13.7. The van der Waals surface area contributed by atoms with Gasteiger partial charge in [-0.2, -0.15) is 14.9 Å². The molecule has 1 aliphatic heterocycles. The summed E-state index contributed by atoms with van der Waals surface area (Å²) in [5.74, 6) is 0.283. The molecule has 0 radical (unpaired) electrons. The molecule has 196 valence electrons. The third-order valence-electron chi connectivity index (χ3n) is 6.00. The van der Waals surface area contributed by atoms with E-state index < -0.39 is 17.9 Å². The average molecular weight is 518 g/mol. The predicted molar refractivity (Wildman–Crippen MR) is 141 cm³/mol. The fraction of sp³-hybridized carbons (Fsp3) is 0.286. The minimum absolute atomic E-state index is 0.271. The van der Waals surface area contributed by atoms with E-state index in [4.69, 9.17) is 19.7 Å². The molecule has 1 N–H and O–H groups in total. The van der Waals surface area contributed by atoms with E-state index in [1.54, 1.807) is 43.7 Å². The summed E-state index contributed by atoms with van der Waals surface area (Å²) in [5, 5.41) is 12.8. The van der Waals surface area contributed by atoms with Gasteiger partial charge < -0.3 is 14.8 Å². The van der Waals surface area contributed by atoms with Crippen LogP contribution in [0.1, 0.15) is 26.3 Å². The zero-order chi connectivity index (χ0) is 27.0. The van der Waals surface area contributed by atoms with Crippen molar-refractivity contribution in [1.82, 2.24) is 19.6 Å². The average Bonchev–Trinajstić information content (AvgIpc) is 3.23. The van der Waals surface area contributed by atoms with Crippen molar-refractivity contribution < 1.29 is 18.7 Å². The molecule has 1 aliphatic rings. The summed E-state index contributed by atoms with van der Waals surface area (Å²) in [7, 11) is 0. The molecule has 2 aromatic carbocycles. The Hall–Kier alpha value is -4.47. The SMILES string of the molecule is Cc1ccccc1-n1nc(-c2c(-c3ccc(F)cc3)nn3c2NCC(OC(=O)OC(C)(C)C)C3)ccc1=O. The van der Waals surface area contributed by atoms with Gasteiger partial charge in [-0.1, -0.05) is 18.2 Å². The van der Waals surface area contributed by atoms with Crippen LogP contribution in [0, 0.1) is 12.7 Å². The highest BCUT2D eigenvalue weighted by atomic mass is 19.1. The highest BCUT2D eigenvalue weighted by molar-refractivity contribution is 5.87. The molecule has 5 rings (SSSR count). The number of rotatable bonds is 4. The number of aromatic nitrogens is 4. The van der Waals surface area contributed by atoms with E-state index in [-0.39, 0.29) is 17.9 Å². The van der Waals surface area contributed by atoms with E-state index in [0.29, 0.717) is 40.6 Å². The molecule has 2 aromatic heterocycles. The zero-order valence-electron chi connectivity index (χ0n) is 21.6. The van der Waals surface area contributed by atoms with Gasteiger partial charge in [-0.05, 0) is 69.7 Å². The third kappa shape index (κ3) is 5.15. The number of aryl methyl sites for hydroxylation is 1. The topological polar surface area (TPSA) is 100 Å². The summed E-state index contributed by atoms with van der Waals surface area (Å²) in [6, 6.07) is 16.6. The minimum atomic E-state index is -0.758. The monoisotopic (exact) mass is 517 g/mol. The second-order valence-electron chi connectivity index (χ2n) is 10.1. The van der Waals surface area contributed by atoms with Crippen LogP contribution in [0.5, 0.6) is 0 Å². The molecule has 0 fully saturated rings. The molecule has 38 heavy (non-hydrogen) atoms. The number of nitrogens with one attached hydrogen (secondary N) is 1. The number of fused-ring (bicyclic) bond motifs is 1. The van der Waals surface area contributed by atoms with Gasteiger partial charge in [-0.3, -0.25) is 4.79 Å². The van der Waals surface area contributed by atoms with E-state index >= 15 is 0 Å². The number of benzene rings is 2. The lowest BCUT2D eigenvalue weighted by Gasteiger charge is -2.27. The van der Waals surface area contributed by atoms with Crippen molar-refractivity contribution in [3.63, 3.8) is 0 Å². The standard InChI is InChI=1S/C28H28FN5O4/c1-17-7-5-6-8-22(17)34-23(35)14-13-21(31-34)24-25(18-9-11-19(29)12-10-18)32-33-16-20(15-30-26(24)33)37-27(36)38-28(2,3)4/h5-14,20,30H,15-16H2,1-4H3. The van der Waals surface area contributed by atoms with Crippen molar-refractivity contribution in [1.29, 1.82) is 0 Å². The van der Waals surface area contributed by atoms with Crippen molar-refractivity contribution >= 4 is 12.0 Å². The molecule has 9 nitrogen and oxygen atoms in total. The molecule has 0 bridgehead atoms. The number of hydrogen-bond acceptors (Lipinski definition) is 7. The molecular weight excluding hydrogens is 489 g/mol. The van der Waals surface area contributed by atoms with Gasteiger partial charge in [0.1, 0.15) is 29.0 Å². The second-order valence-corrected chi connectivity index (χ2v) is 10.1. The van der Waals surface area contributed by atoms with Crippen LogP contribution in [-0.4, -0.2) is 44.0 Å². The largest absolute Gasteiger partial charge is 0.509 e. The Balaban J connectivity index is 1.58. The number of halogens is 1. The van der Waals surface area contributed by atoms with E-state index in [1.165, 1.54) is 22.9 Å². The smallest absolute Gasteiger partial charge is 0.429 e. The number of carbonyl (C=O) groups is 1. The third-order valence-corrected chi connectivity index (χ3v) is 6.00. The Bertz CT molecular complexity index is 1550. The van der Waals surface area contributed by atoms with E-state index in [0.717, 1.165) is 5.56 Å². The van der Waals surface area contributed by atoms with Gasteiger partial charge in [0.05, 0.1) is 30.0 Å². The molecule has 10 heteroatoms. The number of anilines is 1. The normalized spacial score (nSPS) is 14.9. The molecule has 4 aromatic rings. The van der Waals surface area contributed by atoms with Gasteiger partial charge in [-0.15, -0.1) is 0 Å². The number of para-hydroxylation sites is 1. The maximum Gasteiger partial charge on any atom is 0.509 e. The first-order chi connectivity index (χ1) is 18.1. The van der Waals surface area contributed by atoms with E-state index in [9.17, 15) is 14.0 Å². The number of ether oxygens (including phenoxy) is 2. The van der Waals surface area contributed by atoms with Crippen LogP contribution in [0.4, 0.5) is 15.0 Å². The number of hydrogen-bond donors (Lipinski definition) is 1. The van der Waals surface area contributed by atoms with Gasteiger partial charge in [0, 0.05) is 11.6 Å². The van der Waals surface area contributed by atoms with Crippen LogP contribution < -0.4 is 10.9 Å². The molecule has 0 saturated carbocycles. The Labute approximate surface area is 218 Å². The van der Waals surface area contributed by atoms with Gasteiger partial charge in [0.15, 0.2) is 0 Å². The Morgan fingerprint density at radius 2 is 1.79 bits per heavy atom. The van der Waals surface area contributed by atoms with Crippen LogP contribution in [0.2, 0.25) is 0 Å². The summed E-state index contributed by atoms with van der Waals surface area (Å²) in [6.45, 7) is 7.80. The molecule has 3 heterocycles. The summed E-state index contributed by atoms with van der Waals surface area (Å²) in [5.41, 5.74) is 2.99. The summed E-state index contributed by atoms with van der Waals surface area (Å²) < 4.78 is 27.6. The van der Waals surface area contributed by atoms with Gasteiger partial charge in [0.2, 0.25) is 0 Å². The number of carbonyl (C=O) groups excluding carboxylic acids is 1. The van der Waals surface area contributed by atoms with Crippen LogP contribution in [0.25, 0.3) is 28.2 Å². The second kappa shape index (κ2) is 9.77. The van der Waals surface area contributed by atoms with Gasteiger partial charge in [0.25, 0.3) is 5.56 Å². The van der Waals surface area contributed by atoms with Crippen molar-refractivity contribution in [3.8, 4) is 28.2 Å². The maximum absolute atomic E-state index is 13.7. The van der Waals surface area contributed by atoms with Gasteiger partial charge >= 0.3 is 6.16 Å². The lowest BCUT2D eigenvalue weighted by molar-refractivity contribution is -0.0287. The van der Waals surface area contributed by atoms with E-state index in [1.807, 2.05) is 31.2 Å². The first-order valence-electron chi connectivity index (χ1n) is 12.3. The molecule has 1 unspecified atom stereocenters. The number of nitrogens with zero attached hydrogens (tertiary/aromatic N) is 4. The van der Waals surface area contributed by atoms with E-state index in [2.05, 4.69) is 5.32 Å². The zero-order valence-corrected chi connectivity index (χ0v) is 21.6. The predicted octanol–water partition coefficient (Wildman–Crippen LogP) is 4.96. The van der Waals surface area contributed by atoms with Crippen LogP contribution in [0.15, 0.2) is 65.5 Å². The molecule has 0 spiro atoms. The van der Waals surface area contributed by atoms with Crippen molar-refractivity contribution in [2.75, 3.05) is 11.9 Å². The lowest BCUT2D eigenvalue weighted by atomic mass is 10.0. The molecule has 0 aliphatic carbocycles. The summed E-state index contributed by atoms with van der Waals surface area (Å²) in [4.78, 5) is 25.0. The molecule has 1 atom stereocenters. The van der Waals surface area contributed by atoms with Crippen LogP contribution in [0.3, 0.4) is 0 Å². The first-order valence-corrected chi connectivity index (χ1v) is 12.3. The first kappa shape index (κ1) is 25.2. The van der Waals surface area contributed by atoms with Crippen molar-refractivity contribution in [2.45, 2.75) is 45.9 Å². The summed E-state index contributed by atoms with van der Waals surface area (Å²) >= 11 is 0. The molecule has 0 amide bonds. The Morgan fingerprint density at radius 3 is 2.50 bits per heavy atom. The Morgan fingerprint density at radius 1 is 1.05 bits per heavy atom. The molecule has 0 saturated heterocycles. The highest BCUT2D eigenvalue weighted by Gasteiger charge is 2.30. The van der Waals surface area contributed by atoms with Crippen molar-refractivity contribution in [2.24, 2.45) is 0 Å².